The molecule has 0 saturated carbocycles. The molecule has 0 atom stereocenters. The molecule has 0 aromatic heterocycles. The average Bonchev–Trinajstić information content (AvgIpc) is 2.14. The molecule has 106 valence electrons. The summed E-state index contributed by atoms with van der Waals surface area (Å²) in [7, 11) is 0. The van der Waals surface area contributed by atoms with Crippen molar-refractivity contribution in [1.82, 2.24) is 0 Å². The smallest absolute Gasteiger partial charge is 0.243 e. The molecule has 1 fully saturated rings. The molecule has 18 heavy (non-hydrogen) atoms. The monoisotopic (exact) mass is 261 g/mol. The lowest BCUT2D eigenvalue weighted by Crippen LogP contribution is -2.35. The van der Waals surface area contributed by atoms with Crippen LogP contribution >= 0.6 is 0 Å². The minimum absolute atomic E-state index is 0.289. The van der Waals surface area contributed by atoms with Crippen molar-refractivity contribution in [2.75, 3.05) is 0 Å². The van der Waals surface area contributed by atoms with Crippen LogP contribution in [0.3, 0.4) is 0 Å². The average molecular weight is 261 g/mol. The highest BCUT2D eigenvalue weighted by atomic mass is 16.9. The van der Waals surface area contributed by atoms with E-state index in [9.17, 15) is 4.79 Å². The number of ether oxygens (including phenoxy) is 4. The van der Waals surface area contributed by atoms with E-state index >= 15 is 0 Å². The second-order valence-electron chi connectivity index (χ2n) is 3.96. The summed E-state index contributed by atoms with van der Waals surface area (Å²) < 4.78 is 21.2. The van der Waals surface area contributed by atoms with Gasteiger partial charge in [0, 0.05) is 5.57 Å². The first-order chi connectivity index (χ1) is 8.22. The minimum atomic E-state index is -0.435. The quantitative estimate of drug-likeness (QED) is 0.723. The Kier molecular flexibility index (Phi) is 7.77. The molecule has 0 aromatic carbocycles. The summed E-state index contributed by atoms with van der Waals surface area (Å²) in [5.74, 6) is -0.435. The fourth-order valence-corrected chi connectivity index (χ4v) is 1.21. The summed E-state index contributed by atoms with van der Waals surface area (Å²) in [6, 6.07) is 0. The van der Waals surface area contributed by atoms with Crippen LogP contribution in [0.25, 0.3) is 0 Å². The molecule has 0 unspecified atom stereocenters. The third-order valence-electron chi connectivity index (χ3n) is 1.95. The Bertz CT molecular complexity index is 230. The Morgan fingerprint density at radius 3 is 1.17 bits per heavy atom. The van der Waals surface area contributed by atoms with Crippen LogP contribution < -0.4 is 5.73 Å². The third-order valence-corrected chi connectivity index (χ3v) is 1.95. The maximum Gasteiger partial charge on any atom is 0.243 e. The molecule has 0 aliphatic carbocycles. The van der Waals surface area contributed by atoms with Crippen LogP contribution in [0.1, 0.15) is 34.6 Å². The SMILES string of the molecule is C=C(C)C(N)=O.CC1OC(C)OC(C)OC(C)O1. The van der Waals surface area contributed by atoms with Crippen molar-refractivity contribution in [2.45, 2.75) is 59.8 Å². The van der Waals surface area contributed by atoms with E-state index in [0.717, 1.165) is 0 Å². The molecule has 1 aliphatic rings. The minimum Gasteiger partial charge on any atom is -0.366 e. The van der Waals surface area contributed by atoms with Gasteiger partial charge >= 0.3 is 0 Å². The predicted molar refractivity (Wildman–Crippen MR) is 66.2 cm³/mol. The van der Waals surface area contributed by atoms with Gasteiger partial charge in [0.05, 0.1) is 0 Å². The summed E-state index contributed by atoms with van der Waals surface area (Å²) in [6.07, 6.45) is -1.16. The molecule has 6 heteroatoms. The summed E-state index contributed by atoms with van der Waals surface area (Å²) >= 11 is 0. The van der Waals surface area contributed by atoms with Gasteiger partial charge in [0.25, 0.3) is 0 Å². The van der Waals surface area contributed by atoms with Gasteiger partial charge in [0.1, 0.15) is 0 Å². The van der Waals surface area contributed by atoms with E-state index in [1.54, 1.807) is 6.92 Å². The Hall–Kier alpha value is -0.950. The fourth-order valence-electron chi connectivity index (χ4n) is 1.21. The third kappa shape index (κ3) is 8.19. The maximum atomic E-state index is 9.82. The summed E-state index contributed by atoms with van der Waals surface area (Å²) in [5, 5.41) is 0. The van der Waals surface area contributed by atoms with Crippen molar-refractivity contribution < 1.29 is 23.7 Å². The molecular formula is C12H23NO5. The first kappa shape index (κ1) is 17.1. The van der Waals surface area contributed by atoms with E-state index < -0.39 is 5.91 Å². The number of primary amides is 1. The van der Waals surface area contributed by atoms with E-state index in [1.807, 2.05) is 27.7 Å². The van der Waals surface area contributed by atoms with Crippen LogP contribution in [-0.4, -0.2) is 31.1 Å². The number of carbonyl (C=O) groups excluding carboxylic acids is 1. The van der Waals surface area contributed by atoms with E-state index in [1.165, 1.54) is 0 Å². The molecular weight excluding hydrogens is 238 g/mol. The van der Waals surface area contributed by atoms with Crippen molar-refractivity contribution in [3.8, 4) is 0 Å². The molecule has 0 radical (unpaired) electrons. The first-order valence-corrected chi connectivity index (χ1v) is 5.79. The zero-order valence-corrected chi connectivity index (χ0v) is 11.6. The predicted octanol–water partition coefficient (Wildman–Crippen LogP) is 1.50. The van der Waals surface area contributed by atoms with Gasteiger partial charge in [0.2, 0.25) is 5.91 Å². The highest BCUT2D eigenvalue weighted by Crippen LogP contribution is 2.13. The number of carbonyl (C=O) groups is 1. The van der Waals surface area contributed by atoms with Gasteiger partial charge in [-0.15, -0.1) is 0 Å². The maximum absolute atomic E-state index is 9.82. The van der Waals surface area contributed by atoms with Crippen LogP contribution in [-0.2, 0) is 23.7 Å². The molecule has 1 rings (SSSR count). The zero-order chi connectivity index (χ0) is 14.3. The largest absolute Gasteiger partial charge is 0.366 e. The topological polar surface area (TPSA) is 80.0 Å². The highest BCUT2D eigenvalue weighted by Gasteiger charge is 2.21. The number of hydrogen-bond acceptors (Lipinski definition) is 5. The van der Waals surface area contributed by atoms with Crippen molar-refractivity contribution >= 4 is 5.91 Å². The number of nitrogens with two attached hydrogens (primary N) is 1. The molecule has 0 spiro atoms. The van der Waals surface area contributed by atoms with Gasteiger partial charge in [-0.3, -0.25) is 4.79 Å². The summed E-state index contributed by atoms with van der Waals surface area (Å²) in [4.78, 5) is 9.82. The first-order valence-electron chi connectivity index (χ1n) is 5.79. The second-order valence-corrected chi connectivity index (χ2v) is 3.96. The molecule has 2 N–H and O–H groups in total. The summed E-state index contributed by atoms with van der Waals surface area (Å²) in [6.45, 7) is 12.1. The number of amides is 1. The van der Waals surface area contributed by atoms with E-state index in [2.05, 4.69) is 6.58 Å². The van der Waals surface area contributed by atoms with Crippen LogP contribution in [0.15, 0.2) is 12.2 Å². The normalized spacial score (nSPS) is 32.5. The molecule has 1 aliphatic heterocycles. The van der Waals surface area contributed by atoms with Crippen LogP contribution in [0.5, 0.6) is 0 Å². The van der Waals surface area contributed by atoms with Gasteiger partial charge in [-0.1, -0.05) is 6.58 Å². The van der Waals surface area contributed by atoms with Crippen LogP contribution in [0.2, 0.25) is 0 Å². The fraction of sp³-hybridized carbons (Fsp3) is 0.750. The molecule has 0 bridgehead atoms. The lowest BCUT2D eigenvalue weighted by molar-refractivity contribution is -0.367. The van der Waals surface area contributed by atoms with E-state index in [-0.39, 0.29) is 25.2 Å². The van der Waals surface area contributed by atoms with Gasteiger partial charge in [-0.25, -0.2) is 0 Å². The van der Waals surface area contributed by atoms with Crippen molar-refractivity contribution in [3.63, 3.8) is 0 Å². The zero-order valence-electron chi connectivity index (χ0n) is 11.6. The van der Waals surface area contributed by atoms with Crippen LogP contribution in [0.4, 0.5) is 0 Å². The lowest BCUT2D eigenvalue weighted by Gasteiger charge is -2.30. The Morgan fingerprint density at radius 2 is 1.06 bits per heavy atom. The van der Waals surface area contributed by atoms with Gasteiger partial charge in [-0.05, 0) is 34.6 Å². The van der Waals surface area contributed by atoms with E-state index in [0.29, 0.717) is 5.57 Å². The van der Waals surface area contributed by atoms with Crippen molar-refractivity contribution in [1.29, 1.82) is 0 Å². The molecule has 6 nitrogen and oxygen atoms in total. The van der Waals surface area contributed by atoms with Gasteiger partial charge in [0.15, 0.2) is 25.2 Å². The van der Waals surface area contributed by atoms with Crippen molar-refractivity contribution in [3.05, 3.63) is 12.2 Å². The summed E-state index contributed by atoms with van der Waals surface area (Å²) in [5.41, 5.74) is 5.09. The highest BCUT2D eigenvalue weighted by molar-refractivity contribution is 5.90. The Balaban J connectivity index is 0.000000411. The van der Waals surface area contributed by atoms with Gasteiger partial charge < -0.3 is 24.7 Å². The lowest BCUT2D eigenvalue weighted by atomic mass is 10.3. The Morgan fingerprint density at radius 1 is 0.889 bits per heavy atom. The second kappa shape index (κ2) is 8.20. The standard InChI is InChI=1S/C8H16O4.C4H7NO/c1-5-9-6(2)11-8(4)12-7(3)10-5;1-3(2)4(5)6/h5-8H,1-4H3;1H2,2H3,(H2,5,6). The van der Waals surface area contributed by atoms with Gasteiger partial charge in [-0.2, -0.15) is 0 Å². The van der Waals surface area contributed by atoms with Crippen LogP contribution in [0, 0.1) is 0 Å². The number of rotatable bonds is 1. The molecule has 1 saturated heterocycles. The number of hydrogen-bond donors (Lipinski definition) is 1. The van der Waals surface area contributed by atoms with Crippen molar-refractivity contribution in [2.24, 2.45) is 5.73 Å². The Labute approximate surface area is 108 Å². The molecule has 1 amide bonds. The molecule has 0 aromatic rings. The van der Waals surface area contributed by atoms with E-state index in [4.69, 9.17) is 24.7 Å². The molecule has 1 heterocycles.